The lowest BCUT2D eigenvalue weighted by atomic mass is 10.1. The lowest BCUT2D eigenvalue weighted by Gasteiger charge is -2.07. The second-order valence-corrected chi connectivity index (χ2v) is 9.00. The van der Waals surface area contributed by atoms with E-state index < -0.39 is 10.0 Å². The highest BCUT2D eigenvalue weighted by molar-refractivity contribution is 7.89. The summed E-state index contributed by atoms with van der Waals surface area (Å²) in [4.78, 5) is 0.369. The Hall–Kier alpha value is -2.69. The van der Waals surface area contributed by atoms with Gasteiger partial charge in [-0.25, -0.2) is 8.42 Å². The van der Waals surface area contributed by atoms with Crippen LogP contribution in [0.3, 0.4) is 0 Å². The first-order chi connectivity index (χ1) is 13.9. The second-order valence-electron chi connectivity index (χ2n) is 7.15. The molecular formula is C25H27NO2S. The molecule has 1 aliphatic heterocycles. The van der Waals surface area contributed by atoms with Gasteiger partial charge in [-0.1, -0.05) is 90.5 Å². The predicted octanol–water partition coefficient (Wildman–Crippen LogP) is 5.85. The number of sulfonamides is 1. The van der Waals surface area contributed by atoms with Gasteiger partial charge in [0.05, 0.1) is 10.9 Å². The highest BCUT2D eigenvalue weighted by atomic mass is 32.2. The summed E-state index contributed by atoms with van der Waals surface area (Å²) in [7, 11) is -3.40. The molecule has 4 heteroatoms. The van der Waals surface area contributed by atoms with E-state index in [1.165, 1.54) is 5.56 Å². The monoisotopic (exact) mass is 405 g/mol. The summed E-state index contributed by atoms with van der Waals surface area (Å²) < 4.78 is 26.8. The minimum absolute atomic E-state index is 0.0173. The molecule has 3 atom stereocenters. The van der Waals surface area contributed by atoms with Gasteiger partial charge in [0.25, 0.3) is 0 Å². The molecule has 150 valence electrons. The Labute approximate surface area is 174 Å². The Kier molecular flexibility index (Phi) is 6.68. The Morgan fingerprint density at radius 1 is 0.828 bits per heavy atom. The summed E-state index contributed by atoms with van der Waals surface area (Å²) in [6.07, 6.45) is 4.12. The Balaban J connectivity index is 0.000000224. The van der Waals surface area contributed by atoms with Crippen LogP contribution < -0.4 is 0 Å². The zero-order valence-corrected chi connectivity index (χ0v) is 17.9. The van der Waals surface area contributed by atoms with Crippen LogP contribution in [0.2, 0.25) is 0 Å². The van der Waals surface area contributed by atoms with Crippen molar-refractivity contribution in [3.63, 3.8) is 0 Å². The van der Waals surface area contributed by atoms with Crippen LogP contribution in [-0.2, 0) is 10.0 Å². The third-order valence-corrected chi connectivity index (χ3v) is 6.92. The molecule has 4 rings (SSSR count). The van der Waals surface area contributed by atoms with Crippen molar-refractivity contribution in [2.75, 3.05) is 0 Å². The topological polar surface area (TPSA) is 37.1 Å². The molecule has 1 aliphatic rings. The number of allylic oxidation sites excluding steroid dienone is 1. The van der Waals surface area contributed by atoms with Gasteiger partial charge in [-0.15, -0.1) is 0 Å². The van der Waals surface area contributed by atoms with E-state index in [9.17, 15) is 8.42 Å². The normalized spacial score (nSPS) is 20.7. The fourth-order valence-corrected chi connectivity index (χ4v) is 5.17. The third-order valence-electron chi connectivity index (χ3n) is 4.94. The van der Waals surface area contributed by atoms with Gasteiger partial charge in [0, 0.05) is 6.04 Å². The van der Waals surface area contributed by atoms with Gasteiger partial charge in [0.15, 0.2) is 0 Å². The minimum Gasteiger partial charge on any atom is -0.207 e. The Morgan fingerprint density at radius 2 is 1.38 bits per heavy atom. The number of rotatable bonds is 4. The average molecular weight is 406 g/mol. The second kappa shape index (κ2) is 9.21. The zero-order chi connectivity index (χ0) is 20.9. The van der Waals surface area contributed by atoms with Crippen molar-refractivity contribution in [3.8, 4) is 0 Å². The van der Waals surface area contributed by atoms with E-state index in [1.54, 1.807) is 16.4 Å². The molecule has 3 nitrogen and oxygen atoms in total. The van der Waals surface area contributed by atoms with Crippen molar-refractivity contribution in [2.24, 2.45) is 0 Å². The van der Waals surface area contributed by atoms with Crippen LogP contribution in [0.15, 0.2) is 95.9 Å². The molecule has 0 amide bonds. The molecule has 0 aliphatic carbocycles. The van der Waals surface area contributed by atoms with Gasteiger partial charge in [0.2, 0.25) is 10.0 Å². The Bertz CT molecular complexity index is 1040. The minimum atomic E-state index is -3.40. The van der Waals surface area contributed by atoms with Crippen LogP contribution in [-0.4, -0.2) is 18.8 Å². The van der Waals surface area contributed by atoms with Gasteiger partial charge in [-0.3, -0.25) is 0 Å². The van der Waals surface area contributed by atoms with Gasteiger partial charge in [-0.05, 0) is 44.0 Å². The zero-order valence-electron chi connectivity index (χ0n) is 17.1. The molecule has 0 spiro atoms. The highest BCUT2D eigenvalue weighted by Gasteiger charge is 2.53. The molecule has 0 aromatic heterocycles. The van der Waals surface area contributed by atoms with Crippen LogP contribution in [0.25, 0.3) is 6.08 Å². The molecule has 29 heavy (non-hydrogen) atoms. The molecule has 1 heterocycles. The lowest BCUT2D eigenvalue weighted by molar-refractivity contribution is 0.548. The smallest absolute Gasteiger partial charge is 0.207 e. The van der Waals surface area contributed by atoms with Crippen molar-refractivity contribution in [3.05, 3.63) is 108 Å². The van der Waals surface area contributed by atoms with E-state index in [4.69, 9.17) is 0 Å². The van der Waals surface area contributed by atoms with E-state index in [-0.39, 0.29) is 12.1 Å². The van der Waals surface area contributed by atoms with Crippen molar-refractivity contribution in [2.45, 2.75) is 37.8 Å². The van der Waals surface area contributed by atoms with E-state index in [2.05, 4.69) is 18.2 Å². The van der Waals surface area contributed by atoms with Gasteiger partial charge in [-0.2, -0.15) is 4.31 Å². The quantitative estimate of drug-likeness (QED) is 0.511. The third kappa shape index (κ3) is 5.03. The van der Waals surface area contributed by atoms with Gasteiger partial charge in [0.1, 0.15) is 0 Å². The highest BCUT2D eigenvalue weighted by Crippen LogP contribution is 2.47. The first-order valence-electron chi connectivity index (χ1n) is 9.78. The lowest BCUT2D eigenvalue weighted by Crippen LogP contribution is -2.14. The van der Waals surface area contributed by atoms with Crippen LogP contribution in [0.4, 0.5) is 0 Å². The molecular weight excluding hydrogens is 378 g/mol. The predicted molar refractivity (Wildman–Crippen MR) is 120 cm³/mol. The summed E-state index contributed by atoms with van der Waals surface area (Å²) in [5.41, 5.74) is 3.37. The molecule has 0 bridgehead atoms. The van der Waals surface area contributed by atoms with Crippen LogP contribution in [0, 0.1) is 6.92 Å². The number of hydrogen-bond acceptors (Lipinski definition) is 2. The largest absolute Gasteiger partial charge is 0.243 e. The van der Waals surface area contributed by atoms with Crippen molar-refractivity contribution in [1.29, 1.82) is 0 Å². The molecule has 3 unspecified atom stereocenters. The van der Waals surface area contributed by atoms with Crippen molar-refractivity contribution >= 4 is 16.1 Å². The van der Waals surface area contributed by atoms with E-state index >= 15 is 0 Å². The fourth-order valence-electron chi connectivity index (χ4n) is 3.35. The average Bonchev–Trinajstić information content (AvgIpc) is 3.43. The molecule has 1 saturated heterocycles. The van der Waals surface area contributed by atoms with Crippen LogP contribution in [0.1, 0.15) is 36.6 Å². The summed E-state index contributed by atoms with van der Waals surface area (Å²) in [6, 6.07) is 27.0. The van der Waals surface area contributed by atoms with Crippen LogP contribution >= 0.6 is 0 Å². The van der Waals surface area contributed by atoms with Crippen molar-refractivity contribution in [1.82, 2.24) is 4.31 Å². The SMILES string of the molecule is C/C=C/c1ccccc1.Cc1ccc(S(=O)(=O)N2C(C)C2c2ccccc2)cc1. The van der Waals surface area contributed by atoms with E-state index in [1.807, 2.05) is 87.5 Å². The first-order valence-corrected chi connectivity index (χ1v) is 11.2. The molecule has 3 aromatic carbocycles. The first kappa shape index (κ1) is 21.0. The maximum absolute atomic E-state index is 12.6. The summed E-state index contributed by atoms with van der Waals surface area (Å²) in [5.74, 6) is 0. The molecule has 0 radical (unpaired) electrons. The number of benzene rings is 3. The van der Waals surface area contributed by atoms with Gasteiger partial charge >= 0.3 is 0 Å². The maximum atomic E-state index is 12.6. The van der Waals surface area contributed by atoms with E-state index in [0.717, 1.165) is 11.1 Å². The molecule has 0 saturated carbocycles. The number of hydrogen-bond donors (Lipinski definition) is 0. The molecule has 1 fully saturated rings. The molecule has 0 N–H and O–H groups in total. The standard InChI is InChI=1S/C16H17NO2S.C9H10/c1-12-8-10-15(11-9-12)20(18,19)17-13(2)16(17)14-6-4-3-5-7-14;1-2-6-9-7-4-3-5-8-9/h3-11,13,16H,1-2H3;2-8H,1H3/b;6-2+. The Morgan fingerprint density at radius 3 is 1.93 bits per heavy atom. The number of aryl methyl sites for hydroxylation is 1. The summed E-state index contributed by atoms with van der Waals surface area (Å²) in [6.45, 7) is 5.92. The van der Waals surface area contributed by atoms with Gasteiger partial charge < -0.3 is 0 Å². The maximum Gasteiger partial charge on any atom is 0.243 e. The fraction of sp³-hybridized carbons (Fsp3) is 0.200. The number of nitrogens with zero attached hydrogens (tertiary/aromatic N) is 1. The van der Waals surface area contributed by atoms with E-state index in [0.29, 0.717) is 4.90 Å². The molecule has 3 aromatic rings. The van der Waals surface area contributed by atoms with Crippen LogP contribution in [0.5, 0.6) is 0 Å². The van der Waals surface area contributed by atoms with Crippen molar-refractivity contribution < 1.29 is 8.42 Å². The summed E-state index contributed by atoms with van der Waals surface area (Å²) in [5, 5.41) is 0. The summed E-state index contributed by atoms with van der Waals surface area (Å²) >= 11 is 0.